The molecule has 5 nitrogen and oxygen atoms in total. The molecular weight excluding hydrogens is 295 g/mol. The largest absolute Gasteiger partial charge is 0.357 e. The van der Waals surface area contributed by atoms with E-state index in [0.717, 1.165) is 44.9 Å². The second-order valence-electron chi connectivity index (χ2n) is 6.55. The second-order valence-corrected chi connectivity index (χ2v) is 6.55. The average molecular weight is 326 g/mol. The molecule has 1 atom stereocenters. The van der Waals surface area contributed by atoms with E-state index in [1.807, 2.05) is 11.8 Å². The predicted molar refractivity (Wildman–Crippen MR) is 91.3 cm³/mol. The Kier molecular flexibility index (Phi) is 7.62. The minimum Gasteiger partial charge on any atom is -0.357 e. The molecule has 1 aliphatic carbocycles. The van der Waals surface area contributed by atoms with E-state index in [0.29, 0.717) is 18.9 Å². The summed E-state index contributed by atoms with van der Waals surface area (Å²) in [6, 6.07) is 0.241. The van der Waals surface area contributed by atoms with Gasteiger partial charge in [-0.1, -0.05) is 19.3 Å². The SMILES string of the molecule is CCNC(=NCCCF)NC1CCN(C(=O)C2CCCCC2)C1. The van der Waals surface area contributed by atoms with Crippen molar-refractivity contribution in [1.82, 2.24) is 15.5 Å². The Morgan fingerprint density at radius 1 is 1.26 bits per heavy atom. The number of hydrogen-bond donors (Lipinski definition) is 2. The zero-order valence-electron chi connectivity index (χ0n) is 14.3. The molecule has 1 saturated heterocycles. The van der Waals surface area contributed by atoms with E-state index in [-0.39, 0.29) is 18.6 Å². The maximum atomic E-state index is 12.6. The maximum absolute atomic E-state index is 12.6. The number of rotatable bonds is 6. The summed E-state index contributed by atoms with van der Waals surface area (Å²) in [5, 5.41) is 6.57. The van der Waals surface area contributed by atoms with E-state index in [1.54, 1.807) is 0 Å². The first-order valence-electron chi connectivity index (χ1n) is 9.14. The number of carbonyl (C=O) groups is 1. The molecule has 6 heteroatoms. The molecule has 1 amide bonds. The van der Waals surface area contributed by atoms with E-state index >= 15 is 0 Å². The molecule has 1 aliphatic heterocycles. The number of amides is 1. The highest BCUT2D eigenvalue weighted by molar-refractivity contribution is 5.81. The van der Waals surface area contributed by atoms with Gasteiger partial charge < -0.3 is 15.5 Å². The minimum absolute atomic E-state index is 0.241. The topological polar surface area (TPSA) is 56.7 Å². The molecule has 0 spiro atoms. The number of likely N-dealkylation sites (tertiary alicyclic amines) is 1. The Hall–Kier alpha value is -1.33. The van der Waals surface area contributed by atoms with Crippen LogP contribution >= 0.6 is 0 Å². The third-order valence-electron chi connectivity index (χ3n) is 4.70. The molecule has 0 bridgehead atoms. The standard InChI is InChI=1S/C17H31FN4O/c1-2-19-17(20-11-6-10-18)21-15-9-12-22(13-15)16(23)14-7-4-3-5-8-14/h14-15H,2-13H2,1H3,(H2,19,20,21). The Labute approximate surface area is 139 Å². The molecule has 2 rings (SSSR count). The molecular formula is C17H31FN4O. The van der Waals surface area contributed by atoms with Crippen LogP contribution in [0.4, 0.5) is 4.39 Å². The van der Waals surface area contributed by atoms with Gasteiger partial charge in [-0.15, -0.1) is 0 Å². The molecule has 0 aromatic carbocycles. The first kappa shape index (κ1) is 18.0. The van der Waals surface area contributed by atoms with E-state index < -0.39 is 0 Å². The molecule has 23 heavy (non-hydrogen) atoms. The summed E-state index contributed by atoms with van der Waals surface area (Å²) in [4.78, 5) is 19.0. The van der Waals surface area contributed by atoms with E-state index in [1.165, 1.54) is 19.3 Å². The quantitative estimate of drug-likeness (QED) is 0.446. The van der Waals surface area contributed by atoms with Crippen LogP contribution in [-0.4, -0.2) is 55.7 Å². The fraction of sp³-hybridized carbons (Fsp3) is 0.882. The van der Waals surface area contributed by atoms with Gasteiger partial charge in [0.1, 0.15) is 0 Å². The van der Waals surface area contributed by atoms with Gasteiger partial charge in [-0.25, -0.2) is 0 Å². The van der Waals surface area contributed by atoms with Crippen molar-refractivity contribution in [2.45, 2.75) is 57.9 Å². The molecule has 132 valence electrons. The molecule has 0 aromatic rings. The van der Waals surface area contributed by atoms with Crippen molar-refractivity contribution >= 4 is 11.9 Å². The van der Waals surface area contributed by atoms with Crippen molar-refractivity contribution in [3.8, 4) is 0 Å². The Bertz CT molecular complexity index is 396. The van der Waals surface area contributed by atoms with Crippen molar-refractivity contribution in [3.05, 3.63) is 0 Å². The number of alkyl halides is 1. The van der Waals surface area contributed by atoms with Crippen LogP contribution in [0, 0.1) is 5.92 Å². The molecule has 1 saturated carbocycles. The summed E-state index contributed by atoms with van der Waals surface area (Å²) in [5.74, 6) is 1.32. The normalized spacial score (nSPS) is 23.1. The Morgan fingerprint density at radius 2 is 2.04 bits per heavy atom. The number of nitrogens with one attached hydrogen (secondary N) is 2. The first-order chi connectivity index (χ1) is 11.2. The molecule has 2 aliphatic rings. The number of guanidine groups is 1. The third kappa shape index (κ3) is 5.66. The summed E-state index contributed by atoms with van der Waals surface area (Å²) < 4.78 is 12.2. The van der Waals surface area contributed by atoms with E-state index in [9.17, 15) is 9.18 Å². The predicted octanol–water partition coefficient (Wildman–Crippen LogP) is 2.08. The van der Waals surface area contributed by atoms with Crippen LogP contribution in [0.2, 0.25) is 0 Å². The zero-order chi connectivity index (χ0) is 16.5. The lowest BCUT2D eigenvalue weighted by atomic mass is 9.88. The second kappa shape index (κ2) is 9.73. The van der Waals surface area contributed by atoms with Gasteiger partial charge >= 0.3 is 0 Å². The van der Waals surface area contributed by atoms with E-state index in [2.05, 4.69) is 15.6 Å². The Balaban J connectivity index is 1.80. The fourth-order valence-electron chi connectivity index (χ4n) is 3.45. The third-order valence-corrected chi connectivity index (χ3v) is 4.70. The minimum atomic E-state index is -0.337. The van der Waals surface area contributed by atoms with Gasteiger partial charge in [-0.3, -0.25) is 14.2 Å². The number of nitrogens with zero attached hydrogens (tertiary/aromatic N) is 2. The monoisotopic (exact) mass is 326 g/mol. The van der Waals surface area contributed by atoms with Gasteiger partial charge in [0.2, 0.25) is 5.91 Å². The van der Waals surface area contributed by atoms with Crippen LogP contribution in [0.15, 0.2) is 4.99 Å². The number of hydrogen-bond acceptors (Lipinski definition) is 2. The zero-order valence-corrected chi connectivity index (χ0v) is 14.3. The fourth-order valence-corrected chi connectivity index (χ4v) is 3.45. The van der Waals surface area contributed by atoms with Crippen molar-refractivity contribution in [1.29, 1.82) is 0 Å². The van der Waals surface area contributed by atoms with Crippen molar-refractivity contribution in [2.24, 2.45) is 10.9 Å². The molecule has 0 radical (unpaired) electrons. The highest BCUT2D eigenvalue weighted by Gasteiger charge is 2.31. The van der Waals surface area contributed by atoms with Gasteiger partial charge in [-0.2, -0.15) is 0 Å². The highest BCUT2D eigenvalue weighted by Crippen LogP contribution is 2.26. The van der Waals surface area contributed by atoms with E-state index in [4.69, 9.17) is 0 Å². The van der Waals surface area contributed by atoms with Crippen LogP contribution in [0.5, 0.6) is 0 Å². The lowest BCUT2D eigenvalue weighted by molar-refractivity contribution is -0.135. The molecule has 2 fully saturated rings. The number of halogens is 1. The van der Waals surface area contributed by atoms with Crippen LogP contribution < -0.4 is 10.6 Å². The number of carbonyl (C=O) groups excluding carboxylic acids is 1. The van der Waals surface area contributed by atoms with Crippen molar-refractivity contribution in [2.75, 3.05) is 32.9 Å². The van der Waals surface area contributed by atoms with Gasteiger partial charge in [0.05, 0.1) is 6.67 Å². The summed E-state index contributed by atoms with van der Waals surface area (Å²) in [6.07, 6.45) is 7.17. The van der Waals surface area contributed by atoms with Gasteiger partial charge in [0.15, 0.2) is 5.96 Å². The first-order valence-corrected chi connectivity index (χ1v) is 9.14. The summed E-state index contributed by atoms with van der Waals surface area (Å²) in [7, 11) is 0. The lowest BCUT2D eigenvalue weighted by Crippen LogP contribution is -2.45. The van der Waals surface area contributed by atoms with Crippen LogP contribution in [0.25, 0.3) is 0 Å². The van der Waals surface area contributed by atoms with Crippen molar-refractivity contribution in [3.63, 3.8) is 0 Å². The number of aliphatic imine (C=N–C) groups is 1. The highest BCUT2D eigenvalue weighted by atomic mass is 19.1. The van der Waals surface area contributed by atoms with Crippen molar-refractivity contribution < 1.29 is 9.18 Å². The molecule has 1 unspecified atom stereocenters. The lowest BCUT2D eigenvalue weighted by Gasteiger charge is -2.26. The molecule has 2 N–H and O–H groups in total. The smallest absolute Gasteiger partial charge is 0.225 e. The molecule has 1 heterocycles. The average Bonchev–Trinajstić information content (AvgIpc) is 3.04. The van der Waals surface area contributed by atoms with Crippen LogP contribution in [0.3, 0.4) is 0 Å². The summed E-state index contributed by atoms with van der Waals surface area (Å²) in [6.45, 7) is 4.53. The van der Waals surface area contributed by atoms with Gasteiger partial charge in [-0.05, 0) is 32.6 Å². The Morgan fingerprint density at radius 3 is 2.74 bits per heavy atom. The summed E-state index contributed by atoms with van der Waals surface area (Å²) in [5.41, 5.74) is 0. The van der Waals surface area contributed by atoms with Crippen LogP contribution in [0.1, 0.15) is 51.9 Å². The molecule has 0 aromatic heterocycles. The maximum Gasteiger partial charge on any atom is 0.225 e. The van der Waals surface area contributed by atoms with Crippen LogP contribution in [-0.2, 0) is 4.79 Å². The van der Waals surface area contributed by atoms with Gasteiger partial charge in [0.25, 0.3) is 0 Å². The van der Waals surface area contributed by atoms with Gasteiger partial charge in [0, 0.05) is 38.1 Å². The summed E-state index contributed by atoms with van der Waals surface area (Å²) >= 11 is 0.